The van der Waals surface area contributed by atoms with Gasteiger partial charge in [0.15, 0.2) is 0 Å². The molecule has 0 radical (unpaired) electrons. The highest BCUT2D eigenvalue weighted by molar-refractivity contribution is 4.72. The van der Waals surface area contributed by atoms with E-state index in [-0.39, 0.29) is 6.54 Å². The summed E-state index contributed by atoms with van der Waals surface area (Å²) in [6, 6.07) is 0. The van der Waals surface area contributed by atoms with Crippen LogP contribution in [-0.4, -0.2) is 25.8 Å². The van der Waals surface area contributed by atoms with Crippen molar-refractivity contribution in [2.45, 2.75) is 44.7 Å². The number of hydrogen-bond donors (Lipinski definition) is 2. The Balaban J connectivity index is 2.11. The van der Waals surface area contributed by atoms with Gasteiger partial charge in [-0.15, -0.1) is 0 Å². The summed E-state index contributed by atoms with van der Waals surface area (Å²) in [7, 11) is 0. The second kappa shape index (κ2) is 7.21. The smallest absolute Gasteiger partial charge is 0.330 e. The Morgan fingerprint density at radius 2 is 1.71 bits per heavy atom. The molecular weight excluding hydrogens is 229 g/mol. The van der Waals surface area contributed by atoms with Gasteiger partial charge in [-0.3, -0.25) is 0 Å². The number of rotatable bonds is 5. The lowest BCUT2D eigenvalue weighted by Crippen LogP contribution is -2.27. The molecule has 2 unspecified atom stereocenters. The number of alkyl halides is 3. The first-order valence-corrected chi connectivity index (χ1v) is 6.49. The Morgan fingerprint density at radius 3 is 2.35 bits per heavy atom. The summed E-state index contributed by atoms with van der Waals surface area (Å²) in [5.41, 5.74) is 5.65. The zero-order valence-electron chi connectivity index (χ0n) is 10.2. The Kier molecular flexibility index (Phi) is 6.27. The fourth-order valence-corrected chi connectivity index (χ4v) is 2.43. The van der Waals surface area contributed by atoms with Crippen LogP contribution in [0.5, 0.6) is 0 Å². The third-order valence-electron chi connectivity index (χ3n) is 3.56. The molecule has 3 N–H and O–H groups in total. The molecule has 1 fully saturated rings. The molecule has 1 saturated carbocycles. The fourth-order valence-electron chi connectivity index (χ4n) is 2.43. The fraction of sp³-hybridized carbons (Fsp3) is 1.00. The summed E-state index contributed by atoms with van der Waals surface area (Å²) in [5, 5.41) is 2.92. The monoisotopic (exact) mass is 252 g/mol. The summed E-state index contributed by atoms with van der Waals surface area (Å²) in [4.78, 5) is 0. The predicted molar refractivity (Wildman–Crippen MR) is 62.7 cm³/mol. The van der Waals surface area contributed by atoms with Crippen molar-refractivity contribution >= 4 is 0 Å². The zero-order valence-corrected chi connectivity index (χ0v) is 10.2. The lowest BCUT2D eigenvalue weighted by molar-refractivity contribution is -0.133. The van der Waals surface area contributed by atoms with E-state index in [0.29, 0.717) is 18.4 Å². The zero-order chi connectivity index (χ0) is 12.7. The van der Waals surface area contributed by atoms with Gasteiger partial charge in [-0.25, -0.2) is 0 Å². The summed E-state index contributed by atoms with van der Waals surface area (Å²) in [6.45, 7) is 1.50. The van der Waals surface area contributed by atoms with Crippen LogP contribution in [0.3, 0.4) is 0 Å². The summed E-state index contributed by atoms with van der Waals surface area (Å²) in [6.07, 6.45) is 0.911. The second-order valence-electron chi connectivity index (χ2n) is 5.05. The van der Waals surface area contributed by atoms with Crippen molar-refractivity contribution in [3.8, 4) is 0 Å². The van der Waals surface area contributed by atoms with Crippen molar-refractivity contribution < 1.29 is 13.2 Å². The summed E-state index contributed by atoms with van der Waals surface area (Å²) in [5.74, 6) is 1.15. The number of nitrogens with one attached hydrogen (secondary N) is 1. The van der Waals surface area contributed by atoms with Crippen LogP contribution >= 0.6 is 0 Å². The Morgan fingerprint density at radius 1 is 1.06 bits per heavy atom. The van der Waals surface area contributed by atoms with E-state index in [1.54, 1.807) is 0 Å². The van der Waals surface area contributed by atoms with Crippen LogP contribution in [0.1, 0.15) is 38.5 Å². The topological polar surface area (TPSA) is 38.0 Å². The maximum Gasteiger partial charge on any atom is 0.390 e. The normalized spacial score (nSPS) is 26.8. The molecule has 2 nitrogen and oxygen atoms in total. The van der Waals surface area contributed by atoms with E-state index in [2.05, 4.69) is 5.32 Å². The maximum absolute atomic E-state index is 11.9. The summed E-state index contributed by atoms with van der Waals surface area (Å²) >= 11 is 0. The van der Waals surface area contributed by atoms with Crippen molar-refractivity contribution in [3.63, 3.8) is 0 Å². The quantitative estimate of drug-likeness (QED) is 0.583. The predicted octanol–water partition coefficient (Wildman–Crippen LogP) is 2.68. The van der Waals surface area contributed by atoms with Crippen molar-refractivity contribution in [2.24, 2.45) is 17.6 Å². The molecule has 5 heteroatoms. The minimum atomic E-state index is -4.04. The van der Waals surface area contributed by atoms with E-state index < -0.39 is 12.6 Å². The molecule has 0 spiro atoms. The van der Waals surface area contributed by atoms with Crippen LogP contribution < -0.4 is 11.1 Å². The molecule has 1 aliphatic carbocycles. The third-order valence-corrected chi connectivity index (χ3v) is 3.56. The first kappa shape index (κ1) is 14.8. The lowest BCUT2D eigenvalue weighted by atomic mass is 9.98. The van der Waals surface area contributed by atoms with Gasteiger partial charge in [-0.2, -0.15) is 13.2 Å². The van der Waals surface area contributed by atoms with Crippen molar-refractivity contribution in [1.82, 2.24) is 5.32 Å². The van der Waals surface area contributed by atoms with Gasteiger partial charge >= 0.3 is 6.18 Å². The van der Waals surface area contributed by atoms with Crippen LogP contribution in [0.2, 0.25) is 0 Å². The number of halogens is 3. The van der Waals surface area contributed by atoms with Gasteiger partial charge in [0.25, 0.3) is 0 Å². The van der Waals surface area contributed by atoms with Crippen LogP contribution in [0.15, 0.2) is 0 Å². The highest BCUT2D eigenvalue weighted by Crippen LogP contribution is 2.26. The molecule has 2 atom stereocenters. The van der Waals surface area contributed by atoms with Gasteiger partial charge in [0.1, 0.15) is 0 Å². The van der Waals surface area contributed by atoms with Gasteiger partial charge in [0.2, 0.25) is 0 Å². The van der Waals surface area contributed by atoms with Crippen molar-refractivity contribution in [3.05, 3.63) is 0 Å². The lowest BCUT2D eigenvalue weighted by Gasteiger charge is -2.15. The van der Waals surface area contributed by atoms with Gasteiger partial charge in [-0.05, 0) is 50.6 Å². The van der Waals surface area contributed by atoms with E-state index in [9.17, 15) is 13.2 Å². The molecule has 0 bridgehead atoms. The van der Waals surface area contributed by atoms with E-state index in [0.717, 1.165) is 32.2 Å². The molecule has 0 aromatic carbocycles. The van der Waals surface area contributed by atoms with Crippen molar-refractivity contribution in [1.29, 1.82) is 0 Å². The molecule has 0 saturated heterocycles. The van der Waals surface area contributed by atoms with E-state index >= 15 is 0 Å². The average molecular weight is 252 g/mol. The Bertz CT molecular complexity index is 206. The minimum Gasteiger partial charge on any atom is -0.330 e. The summed E-state index contributed by atoms with van der Waals surface area (Å²) < 4.78 is 35.8. The molecule has 102 valence electrons. The molecule has 17 heavy (non-hydrogen) atoms. The molecule has 0 aromatic heterocycles. The molecular formula is C12H23F3N2. The minimum absolute atomic E-state index is 0.0420. The molecule has 0 amide bonds. The van der Waals surface area contributed by atoms with Gasteiger partial charge in [0.05, 0.1) is 6.42 Å². The second-order valence-corrected chi connectivity index (χ2v) is 5.05. The van der Waals surface area contributed by atoms with E-state index in [4.69, 9.17) is 5.73 Å². The van der Waals surface area contributed by atoms with Gasteiger partial charge in [0, 0.05) is 6.54 Å². The molecule has 0 aromatic rings. The van der Waals surface area contributed by atoms with Crippen molar-refractivity contribution in [2.75, 3.05) is 19.6 Å². The van der Waals surface area contributed by atoms with Crippen LogP contribution in [0, 0.1) is 11.8 Å². The van der Waals surface area contributed by atoms with E-state index in [1.807, 2.05) is 0 Å². The standard InChI is InChI=1S/C12H23F3N2/c13-12(14,15)6-7-17-9-11-3-1-2-10(8-16)4-5-11/h10-11,17H,1-9,16H2. The molecule has 0 aliphatic heterocycles. The third kappa shape index (κ3) is 6.88. The first-order chi connectivity index (χ1) is 8.01. The first-order valence-electron chi connectivity index (χ1n) is 6.49. The van der Waals surface area contributed by atoms with Crippen LogP contribution in [-0.2, 0) is 0 Å². The molecule has 1 rings (SSSR count). The SMILES string of the molecule is NCC1CCCC(CNCCC(F)(F)F)CC1. The molecule has 1 aliphatic rings. The number of nitrogens with two attached hydrogens (primary N) is 1. The van der Waals surface area contributed by atoms with Crippen LogP contribution in [0.4, 0.5) is 13.2 Å². The highest BCUT2D eigenvalue weighted by Gasteiger charge is 2.26. The number of hydrogen-bond acceptors (Lipinski definition) is 2. The largest absolute Gasteiger partial charge is 0.390 e. The average Bonchev–Trinajstić information content (AvgIpc) is 2.48. The van der Waals surface area contributed by atoms with Gasteiger partial charge < -0.3 is 11.1 Å². The Hall–Kier alpha value is -0.290. The molecule has 0 heterocycles. The Labute approximate surface area is 101 Å². The highest BCUT2D eigenvalue weighted by atomic mass is 19.4. The van der Waals surface area contributed by atoms with Crippen LogP contribution in [0.25, 0.3) is 0 Å². The van der Waals surface area contributed by atoms with Gasteiger partial charge in [-0.1, -0.05) is 6.42 Å². The maximum atomic E-state index is 11.9. The van der Waals surface area contributed by atoms with E-state index in [1.165, 1.54) is 6.42 Å².